The zero-order chi connectivity index (χ0) is 18.1. The molecule has 2 saturated heterocycles. The highest BCUT2D eigenvalue weighted by atomic mass is 15.9. The molecule has 5 rings (SSSR count). The molecule has 2 aliphatic heterocycles. The molecule has 1 N–H and O–H groups in total. The topological polar surface area (TPSA) is 18.0 Å². The Morgan fingerprint density at radius 3 is 1.30 bits per heavy atom. The van der Waals surface area contributed by atoms with Crippen LogP contribution in [-0.4, -0.2) is 28.5 Å². The molecule has 4 unspecified atom stereocenters. The van der Waals surface area contributed by atoms with Crippen molar-refractivity contribution in [2.45, 2.75) is 37.8 Å². The molecule has 3 nitrogen and oxygen atoms in total. The van der Waals surface area contributed by atoms with Gasteiger partial charge >= 0.3 is 0 Å². The summed E-state index contributed by atoms with van der Waals surface area (Å²) in [7, 11) is 0. The molecule has 2 fully saturated rings. The van der Waals surface area contributed by atoms with Crippen LogP contribution in [0, 0.1) is 0 Å². The minimum absolute atomic E-state index is 0.370. The monoisotopic (exact) mass is 355 g/mol. The molecule has 2 aliphatic rings. The van der Waals surface area contributed by atoms with Gasteiger partial charge in [0.15, 0.2) is 0 Å². The van der Waals surface area contributed by atoms with Crippen molar-refractivity contribution in [3.8, 4) is 0 Å². The van der Waals surface area contributed by atoms with E-state index in [1.54, 1.807) is 0 Å². The van der Waals surface area contributed by atoms with Gasteiger partial charge in [-0.2, -0.15) is 0 Å². The van der Waals surface area contributed by atoms with Gasteiger partial charge in [0.25, 0.3) is 0 Å². The third kappa shape index (κ3) is 3.54. The number of hydrazine groups is 1. The van der Waals surface area contributed by atoms with Crippen LogP contribution in [0.2, 0.25) is 0 Å². The van der Waals surface area contributed by atoms with E-state index in [1.165, 1.54) is 16.7 Å². The maximum atomic E-state index is 3.86. The Labute approximate surface area is 161 Å². The highest BCUT2D eigenvalue weighted by molar-refractivity contribution is 5.22. The van der Waals surface area contributed by atoms with E-state index in [4.69, 9.17) is 0 Å². The van der Waals surface area contributed by atoms with Gasteiger partial charge in [0, 0.05) is 19.3 Å². The van der Waals surface area contributed by atoms with Crippen molar-refractivity contribution in [2.75, 3.05) is 0 Å². The van der Waals surface area contributed by atoms with E-state index in [-0.39, 0.29) is 0 Å². The zero-order valence-corrected chi connectivity index (χ0v) is 15.4. The van der Waals surface area contributed by atoms with Crippen LogP contribution in [0.3, 0.4) is 0 Å². The summed E-state index contributed by atoms with van der Waals surface area (Å²) in [4.78, 5) is 0. The molecule has 3 heteroatoms. The van der Waals surface area contributed by atoms with Gasteiger partial charge < -0.3 is 0 Å². The van der Waals surface area contributed by atoms with E-state index in [0.717, 1.165) is 19.3 Å². The maximum Gasteiger partial charge on any atom is 0.0971 e. The van der Waals surface area contributed by atoms with Crippen LogP contribution in [-0.2, 0) is 19.3 Å². The summed E-state index contributed by atoms with van der Waals surface area (Å²) in [6.07, 6.45) is 4.39. The summed E-state index contributed by atoms with van der Waals surface area (Å²) in [5.74, 6) is 0. The first-order chi connectivity index (χ1) is 13.4. The second-order valence-electron chi connectivity index (χ2n) is 7.51. The van der Waals surface area contributed by atoms with Crippen LogP contribution in [0.1, 0.15) is 16.7 Å². The molecule has 0 amide bonds. The summed E-state index contributed by atoms with van der Waals surface area (Å²) in [5, 5.41) is 8.95. The van der Waals surface area contributed by atoms with Crippen LogP contribution >= 0.6 is 0 Å². The fourth-order valence-electron chi connectivity index (χ4n) is 4.34. The first-order valence-corrected chi connectivity index (χ1v) is 9.83. The Bertz CT molecular complexity index is 812. The van der Waals surface area contributed by atoms with Crippen LogP contribution in [0.25, 0.3) is 0 Å². The molecule has 0 bridgehead atoms. The van der Waals surface area contributed by atoms with Crippen LogP contribution in [0.15, 0.2) is 91.0 Å². The molecule has 0 radical (unpaired) electrons. The van der Waals surface area contributed by atoms with Gasteiger partial charge in [-0.05, 0) is 16.7 Å². The molecule has 0 aliphatic carbocycles. The molecule has 0 aromatic heterocycles. The molecule has 136 valence electrons. The highest BCUT2D eigenvalue weighted by Crippen LogP contribution is 2.40. The van der Waals surface area contributed by atoms with Gasteiger partial charge in [-0.3, -0.25) is 5.32 Å². The Kier molecular flexibility index (Phi) is 4.50. The Morgan fingerprint density at radius 2 is 0.889 bits per heavy atom. The Morgan fingerprint density at radius 1 is 0.519 bits per heavy atom. The number of hydrogen-bond acceptors (Lipinski definition) is 3. The van der Waals surface area contributed by atoms with Gasteiger partial charge in [-0.1, -0.05) is 91.0 Å². The molecule has 3 aromatic carbocycles. The largest absolute Gasteiger partial charge is 0.283 e. The molecule has 3 aromatic rings. The van der Waals surface area contributed by atoms with Gasteiger partial charge in [0.2, 0.25) is 0 Å². The molecule has 0 spiro atoms. The van der Waals surface area contributed by atoms with E-state index < -0.39 is 0 Å². The molecule has 0 saturated carbocycles. The molecular weight excluding hydrogens is 330 g/mol. The second kappa shape index (κ2) is 7.28. The predicted molar refractivity (Wildman–Crippen MR) is 109 cm³/mol. The third-order valence-corrected chi connectivity index (χ3v) is 5.65. The van der Waals surface area contributed by atoms with E-state index >= 15 is 0 Å². The first kappa shape index (κ1) is 16.7. The fourth-order valence-corrected chi connectivity index (χ4v) is 4.34. The summed E-state index contributed by atoms with van der Waals surface area (Å²) in [6, 6.07) is 32.5. The summed E-state index contributed by atoms with van der Waals surface area (Å²) >= 11 is 0. The Hall–Kier alpha value is -2.46. The lowest BCUT2D eigenvalue weighted by Gasteiger charge is -2.20. The minimum Gasteiger partial charge on any atom is -0.283 e. The molecule has 4 atom stereocenters. The fraction of sp³-hybridized carbons (Fsp3) is 0.250. The zero-order valence-electron chi connectivity index (χ0n) is 15.4. The van der Waals surface area contributed by atoms with Gasteiger partial charge in [-0.15, -0.1) is 0 Å². The SMILES string of the molecule is c1ccc(CC2NC(Cc3ccccc3)N3C(Cc4ccccc4)N23)cc1. The van der Waals surface area contributed by atoms with Crippen molar-refractivity contribution in [2.24, 2.45) is 0 Å². The average molecular weight is 355 g/mol. The normalized spacial score (nSPS) is 28.7. The number of nitrogens with zero attached hydrogens (tertiary/aromatic N) is 2. The quantitative estimate of drug-likeness (QED) is 0.678. The molecule has 2 heterocycles. The van der Waals surface area contributed by atoms with Crippen LogP contribution in [0.4, 0.5) is 0 Å². The van der Waals surface area contributed by atoms with Crippen molar-refractivity contribution in [3.05, 3.63) is 108 Å². The summed E-state index contributed by atoms with van der Waals surface area (Å²) in [6.45, 7) is 0. The smallest absolute Gasteiger partial charge is 0.0971 e. The lowest BCUT2D eigenvalue weighted by atomic mass is 10.1. The number of benzene rings is 3. The number of hydrogen-bond donors (Lipinski definition) is 1. The van der Waals surface area contributed by atoms with Crippen molar-refractivity contribution in [1.82, 2.24) is 15.3 Å². The molecular formula is C24H25N3. The standard InChI is InChI=1S/C24H25N3/c1-4-10-19(11-5-1)16-22-25-23(17-20-12-6-2-7-13-20)27-24(26(22)27)18-21-14-8-3-9-15-21/h1-15,22-25H,16-18H2. The number of fused-ring (bicyclic) bond motifs is 1. The van der Waals surface area contributed by atoms with Crippen molar-refractivity contribution >= 4 is 0 Å². The summed E-state index contributed by atoms with van der Waals surface area (Å²) < 4.78 is 0. The summed E-state index contributed by atoms with van der Waals surface area (Å²) in [5.41, 5.74) is 4.19. The lowest BCUT2D eigenvalue weighted by Crippen LogP contribution is -2.42. The van der Waals surface area contributed by atoms with Gasteiger partial charge in [0.05, 0.1) is 18.5 Å². The highest BCUT2D eigenvalue weighted by Gasteiger charge is 2.58. The van der Waals surface area contributed by atoms with Crippen LogP contribution in [0.5, 0.6) is 0 Å². The van der Waals surface area contributed by atoms with Crippen molar-refractivity contribution in [3.63, 3.8) is 0 Å². The van der Waals surface area contributed by atoms with Crippen molar-refractivity contribution < 1.29 is 0 Å². The maximum absolute atomic E-state index is 3.86. The van der Waals surface area contributed by atoms with Gasteiger partial charge in [0.1, 0.15) is 0 Å². The van der Waals surface area contributed by atoms with Gasteiger partial charge in [-0.25, -0.2) is 10.0 Å². The number of nitrogens with one attached hydrogen (secondary N) is 1. The van der Waals surface area contributed by atoms with Crippen molar-refractivity contribution in [1.29, 1.82) is 0 Å². The Balaban J connectivity index is 1.34. The lowest BCUT2D eigenvalue weighted by molar-refractivity contribution is 0.306. The van der Waals surface area contributed by atoms with E-state index in [9.17, 15) is 0 Å². The van der Waals surface area contributed by atoms with E-state index in [1.807, 2.05) is 0 Å². The van der Waals surface area contributed by atoms with Crippen LogP contribution < -0.4 is 5.32 Å². The first-order valence-electron chi connectivity index (χ1n) is 9.83. The molecule has 27 heavy (non-hydrogen) atoms. The van der Waals surface area contributed by atoms with E-state index in [0.29, 0.717) is 18.5 Å². The predicted octanol–water partition coefficient (Wildman–Crippen LogP) is 3.83. The number of rotatable bonds is 6. The average Bonchev–Trinajstić information content (AvgIpc) is 3.31. The minimum atomic E-state index is 0.370. The third-order valence-electron chi connectivity index (χ3n) is 5.65. The second-order valence-corrected chi connectivity index (χ2v) is 7.51. The van der Waals surface area contributed by atoms with E-state index in [2.05, 4.69) is 106 Å².